The maximum Gasteiger partial charge on any atom is 0.350 e. The van der Waals surface area contributed by atoms with Crippen LogP contribution in [0.3, 0.4) is 0 Å². The highest BCUT2D eigenvalue weighted by molar-refractivity contribution is 7.17. The highest BCUT2D eigenvalue weighted by Gasteiger charge is 2.24. The molecule has 100 valence electrons. The molecule has 2 rings (SSSR count). The van der Waals surface area contributed by atoms with Crippen molar-refractivity contribution < 1.29 is 19.4 Å². The number of aromatic nitrogens is 1. The van der Waals surface area contributed by atoms with Gasteiger partial charge in [0.25, 0.3) is 0 Å². The van der Waals surface area contributed by atoms with Crippen molar-refractivity contribution in [2.75, 3.05) is 38.3 Å². The summed E-state index contributed by atoms with van der Waals surface area (Å²) >= 11 is 1.31. The van der Waals surface area contributed by atoms with Gasteiger partial charge in [-0.3, -0.25) is 0 Å². The van der Waals surface area contributed by atoms with Crippen molar-refractivity contribution >= 4 is 22.4 Å². The molecule has 1 N–H and O–H groups in total. The Morgan fingerprint density at radius 2 is 2.50 bits per heavy atom. The van der Waals surface area contributed by atoms with Crippen molar-refractivity contribution in [3.05, 3.63) is 10.6 Å². The maximum atomic E-state index is 11.5. The van der Waals surface area contributed by atoms with Crippen LogP contribution < -0.4 is 4.90 Å². The molecule has 1 aromatic heterocycles. The first-order chi connectivity index (χ1) is 8.65. The van der Waals surface area contributed by atoms with E-state index in [-0.39, 0.29) is 18.7 Å². The Labute approximate surface area is 109 Å². The van der Waals surface area contributed by atoms with Crippen molar-refractivity contribution in [3.63, 3.8) is 0 Å². The maximum absolute atomic E-state index is 11.5. The number of nitrogens with zero attached hydrogens (tertiary/aromatic N) is 2. The minimum absolute atomic E-state index is 0.00921. The number of carbonyl (C=O) groups excluding carboxylic acids is 1. The molecule has 2 heterocycles. The molecule has 1 aliphatic heterocycles. The number of hydrogen-bond acceptors (Lipinski definition) is 7. The van der Waals surface area contributed by atoms with Crippen LogP contribution in [0, 0.1) is 6.92 Å². The van der Waals surface area contributed by atoms with Crippen molar-refractivity contribution in [3.8, 4) is 0 Å². The van der Waals surface area contributed by atoms with Gasteiger partial charge in [-0.15, -0.1) is 0 Å². The summed E-state index contributed by atoms with van der Waals surface area (Å²) in [5, 5.41) is 9.87. The van der Waals surface area contributed by atoms with Gasteiger partial charge in [-0.05, 0) is 6.92 Å². The summed E-state index contributed by atoms with van der Waals surface area (Å²) in [5.41, 5.74) is 0.675. The Balaban J connectivity index is 2.16. The average Bonchev–Trinajstić information content (AvgIpc) is 2.80. The van der Waals surface area contributed by atoms with Gasteiger partial charge >= 0.3 is 5.97 Å². The number of anilines is 1. The largest absolute Gasteiger partial charge is 0.465 e. The van der Waals surface area contributed by atoms with Crippen molar-refractivity contribution in [1.82, 2.24) is 4.98 Å². The van der Waals surface area contributed by atoms with Gasteiger partial charge in [0, 0.05) is 13.1 Å². The first-order valence-electron chi connectivity index (χ1n) is 5.69. The number of hydrogen-bond donors (Lipinski definition) is 1. The van der Waals surface area contributed by atoms with E-state index < -0.39 is 0 Å². The molecular formula is C11H16N2O4S. The molecule has 1 fully saturated rings. The smallest absolute Gasteiger partial charge is 0.350 e. The third kappa shape index (κ3) is 2.63. The zero-order valence-corrected chi connectivity index (χ0v) is 11.2. The normalized spacial score (nSPS) is 19.9. The minimum Gasteiger partial charge on any atom is -0.465 e. The highest BCUT2D eigenvalue weighted by Crippen LogP contribution is 2.27. The van der Waals surface area contributed by atoms with Gasteiger partial charge in [0.15, 0.2) is 5.13 Å². The van der Waals surface area contributed by atoms with Crippen molar-refractivity contribution in [2.45, 2.75) is 13.0 Å². The lowest BCUT2D eigenvalue weighted by Gasteiger charge is -2.31. The predicted molar refractivity (Wildman–Crippen MR) is 67.2 cm³/mol. The van der Waals surface area contributed by atoms with Crippen LogP contribution in [0.5, 0.6) is 0 Å². The summed E-state index contributed by atoms with van der Waals surface area (Å²) in [5.74, 6) is -0.358. The van der Waals surface area contributed by atoms with Crippen LogP contribution in [0.25, 0.3) is 0 Å². The lowest BCUT2D eigenvalue weighted by molar-refractivity contribution is 0.00355. The Hall–Kier alpha value is -1.18. The number of ether oxygens (including phenoxy) is 2. The van der Waals surface area contributed by atoms with E-state index in [2.05, 4.69) is 4.98 Å². The second-order valence-electron chi connectivity index (χ2n) is 4.02. The van der Waals surface area contributed by atoms with Crippen LogP contribution in [0.4, 0.5) is 5.13 Å². The molecule has 6 nitrogen and oxygen atoms in total. The molecule has 1 unspecified atom stereocenters. The standard InChI is InChI=1S/C11H16N2O4S/c1-7-9(10(15)16-2)18-11(12-7)13-3-4-17-8(5-13)6-14/h8,14H,3-6H2,1-2H3. The quantitative estimate of drug-likeness (QED) is 0.805. The Kier molecular flexibility index (Phi) is 4.15. The highest BCUT2D eigenvalue weighted by atomic mass is 32.1. The Bertz CT molecular complexity index is 435. The summed E-state index contributed by atoms with van der Waals surface area (Å²) in [6.07, 6.45) is -0.190. The molecule has 1 aromatic rings. The van der Waals surface area contributed by atoms with Gasteiger partial charge in [0.1, 0.15) is 4.88 Å². The number of thiazole rings is 1. The number of morpholine rings is 1. The van der Waals surface area contributed by atoms with Gasteiger partial charge < -0.3 is 19.5 Å². The van der Waals surface area contributed by atoms with E-state index in [0.29, 0.717) is 30.3 Å². The monoisotopic (exact) mass is 272 g/mol. The molecular weight excluding hydrogens is 256 g/mol. The second kappa shape index (κ2) is 5.64. The van der Waals surface area contributed by atoms with Crippen LogP contribution in [0.15, 0.2) is 0 Å². The predicted octanol–water partition coefficient (Wildman–Crippen LogP) is 0.436. The molecule has 0 spiro atoms. The molecule has 1 atom stereocenters. The summed E-state index contributed by atoms with van der Waals surface area (Å²) in [6.45, 7) is 3.63. The fourth-order valence-electron chi connectivity index (χ4n) is 1.80. The van der Waals surface area contributed by atoms with E-state index in [4.69, 9.17) is 14.6 Å². The Morgan fingerprint density at radius 3 is 3.17 bits per heavy atom. The first-order valence-corrected chi connectivity index (χ1v) is 6.50. The van der Waals surface area contributed by atoms with Crippen molar-refractivity contribution in [2.24, 2.45) is 0 Å². The minimum atomic E-state index is -0.358. The van der Waals surface area contributed by atoms with E-state index in [1.165, 1.54) is 18.4 Å². The van der Waals surface area contributed by atoms with E-state index in [1.807, 2.05) is 4.90 Å². The molecule has 0 amide bonds. The zero-order chi connectivity index (χ0) is 13.1. The number of aliphatic hydroxyl groups excluding tert-OH is 1. The number of carbonyl (C=O) groups is 1. The fraction of sp³-hybridized carbons (Fsp3) is 0.636. The van der Waals surface area contributed by atoms with Gasteiger partial charge in [-0.2, -0.15) is 0 Å². The lowest BCUT2D eigenvalue weighted by atomic mass is 10.3. The van der Waals surface area contributed by atoms with E-state index in [9.17, 15) is 4.79 Å². The molecule has 0 aromatic carbocycles. The molecule has 0 saturated carbocycles. The molecule has 1 aliphatic rings. The van der Waals surface area contributed by atoms with Gasteiger partial charge in [0.2, 0.25) is 0 Å². The van der Waals surface area contributed by atoms with Crippen LogP contribution >= 0.6 is 11.3 Å². The molecule has 1 saturated heterocycles. The van der Waals surface area contributed by atoms with Crippen LogP contribution in [0.1, 0.15) is 15.4 Å². The van der Waals surface area contributed by atoms with Gasteiger partial charge in [-0.1, -0.05) is 11.3 Å². The molecule has 0 radical (unpaired) electrons. The first kappa shape index (κ1) is 13.3. The zero-order valence-electron chi connectivity index (χ0n) is 10.4. The van der Waals surface area contributed by atoms with E-state index >= 15 is 0 Å². The van der Waals surface area contributed by atoms with Crippen LogP contribution in [-0.4, -0.2) is 55.6 Å². The number of rotatable bonds is 3. The number of aliphatic hydroxyl groups is 1. The number of esters is 1. The summed E-state index contributed by atoms with van der Waals surface area (Å²) in [7, 11) is 1.36. The summed E-state index contributed by atoms with van der Waals surface area (Å²) in [4.78, 5) is 18.4. The van der Waals surface area contributed by atoms with Crippen LogP contribution in [0.2, 0.25) is 0 Å². The van der Waals surface area contributed by atoms with Crippen LogP contribution in [-0.2, 0) is 9.47 Å². The number of methoxy groups -OCH3 is 1. The Morgan fingerprint density at radius 1 is 1.72 bits per heavy atom. The lowest BCUT2D eigenvalue weighted by Crippen LogP contribution is -2.44. The van der Waals surface area contributed by atoms with E-state index in [0.717, 1.165) is 5.13 Å². The second-order valence-corrected chi connectivity index (χ2v) is 5.00. The van der Waals surface area contributed by atoms with Gasteiger partial charge in [0.05, 0.1) is 32.1 Å². The average molecular weight is 272 g/mol. The van der Waals surface area contributed by atoms with E-state index in [1.54, 1.807) is 6.92 Å². The molecule has 0 aliphatic carbocycles. The molecule has 0 bridgehead atoms. The summed E-state index contributed by atoms with van der Waals surface area (Å²) < 4.78 is 10.1. The van der Waals surface area contributed by atoms with Gasteiger partial charge in [-0.25, -0.2) is 9.78 Å². The fourth-order valence-corrected chi connectivity index (χ4v) is 2.82. The van der Waals surface area contributed by atoms with Crippen molar-refractivity contribution in [1.29, 1.82) is 0 Å². The third-order valence-electron chi connectivity index (χ3n) is 2.77. The summed E-state index contributed by atoms with van der Waals surface area (Å²) in [6, 6.07) is 0. The molecule has 18 heavy (non-hydrogen) atoms. The molecule has 7 heteroatoms. The number of aryl methyl sites for hydroxylation is 1. The topological polar surface area (TPSA) is 71.9 Å². The third-order valence-corrected chi connectivity index (χ3v) is 3.97. The SMILES string of the molecule is COC(=O)c1sc(N2CCOC(CO)C2)nc1C.